The number of hydrazone groups is 1. The first-order valence-electron chi connectivity index (χ1n) is 8.72. The molecule has 30 heavy (non-hydrogen) atoms. The zero-order valence-corrected chi connectivity index (χ0v) is 16.0. The van der Waals surface area contributed by atoms with Crippen molar-refractivity contribution in [1.29, 1.82) is 0 Å². The van der Waals surface area contributed by atoms with Crippen molar-refractivity contribution in [3.8, 4) is 22.9 Å². The summed E-state index contributed by atoms with van der Waals surface area (Å²) in [7, 11) is 1.42. The molecule has 3 rings (SSSR count). The van der Waals surface area contributed by atoms with E-state index in [2.05, 4.69) is 30.5 Å². The SMILES string of the molecule is CCOc1cc(=O)c(-c2cncc(C(=O)N/N=C/c3cc(OC)cnc3F)n2)c[nH]1. The van der Waals surface area contributed by atoms with Gasteiger partial charge in [0, 0.05) is 12.3 Å². The van der Waals surface area contributed by atoms with Crippen LogP contribution in [-0.4, -0.2) is 45.8 Å². The Morgan fingerprint density at radius 1 is 1.33 bits per heavy atom. The van der Waals surface area contributed by atoms with Crippen LogP contribution in [0.1, 0.15) is 23.0 Å². The van der Waals surface area contributed by atoms with Crippen molar-refractivity contribution in [1.82, 2.24) is 25.4 Å². The summed E-state index contributed by atoms with van der Waals surface area (Å²) in [5.74, 6) is -0.811. The van der Waals surface area contributed by atoms with E-state index in [-0.39, 0.29) is 27.9 Å². The fourth-order valence-corrected chi connectivity index (χ4v) is 2.36. The summed E-state index contributed by atoms with van der Waals surface area (Å²) < 4.78 is 23.9. The average molecular weight is 412 g/mol. The van der Waals surface area contributed by atoms with Gasteiger partial charge in [-0.3, -0.25) is 14.6 Å². The number of nitrogens with one attached hydrogen (secondary N) is 2. The largest absolute Gasteiger partial charge is 0.495 e. The zero-order valence-electron chi connectivity index (χ0n) is 16.0. The van der Waals surface area contributed by atoms with Crippen LogP contribution in [0.4, 0.5) is 4.39 Å². The highest BCUT2D eigenvalue weighted by atomic mass is 19.1. The summed E-state index contributed by atoms with van der Waals surface area (Å²) in [5.41, 5.74) is 2.23. The number of ether oxygens (including phenoxy) is 2. The third-order valence-electron chi connectivity index (χ3n) is 3.78. The molecule has 11 heteroatoms. The zero-order chi connectivity index (χ0) is 21.5. The molecule has 0 bridgehead atoms. The van der Waals surface area contributed by atoms with Crippen molar-refractivity contribution in [2.75, 3.05) is 13.7 Å². The summed E-state index contributed by atoms with van der Waals surface area (Å²) in [5, 5.41) is 3.69. The first-order chi connectivity index (χ1) is 14.5. The maximum atomic E-state index is 13.7. The van der Waals surface area contributed by atoms with E-state index in [1.165, 1.54) is 44.0 Å². The number of amides is 1. The predicted octanol–water partition coefficient (Wildman–Crippen LogP) is 1.54. The first kappa shape index (κ1) is 20.6. The van der Waals surface area contributed by atoms with Crippen LogP contribution >= 0.6 is 0 Å². The number of nitrogens with zero attached hydrogens (tertiary/aromatic N) is 4. The normalized spacial score (nSPS) is 10.8. The standard InChI is InChI=1S/C19H17FN6O4/c1-3-30-17-5-16(27)13(8-22-17)14-9-21-10-15(25-14)19(28)26-24-6-11-4-12(29-2)7-23-18(11)20/h4-10H,3H2,1-2H3,(H,22,27)(H,26,28)/b24-6+. The molecule has 3 aromatic rings. The summed E-state index contributed by atoms with van der Waals surface area (Å²) in [6, 6.07) is 2.66. The van der Waals surface area contributed by atoms with Gasteiger partial charge in [-0.1, -0.05) is 0 Å². The highest BCUT2D eigenvalue weighted by Gasteiger charge is 2.12. The van der Waals surface area contributed by atoms with Crippen molar-refractivity contribution < 1.29 is 18.7 Å². The van der Waals surface area contributed by atoms with Gasteiger partial charge in [-0.2, -0.15) is 9.49 Å². The van der Waals surface area contributed by atoms with E-state index >= 15 is 0 Å². The second kappa shape index (κ2) is 9.37. The summed E-state index contributed by atoms with van der Waals surface area (Å²) in [4.78, 5) is 39.0. The number of halogens is 1. The smallest absolute Gasteiger partial charge is 0.291 e. The molecule has 154 valence electrons. The molecule has 0 aromatic carbocycles. The van der Waals surface area contributed by atoms with Crippen LogP contribution in [0.5, 0.6) is 11.6 Å². The molecule has 0 radical (unpaired) electrons. The molecule has 3 aromatic heterocycles. The van der Waals surface area contributed by atoms with E-state index in [1.54, 1.807) is 6.92 Å². The lowest BCUT2D eigenvalue weighted by Crippen LogP contribution is -2.20. The van der Waals surface area contributed by atoms with Gasteiger partial charge in [-0.15, -0.1) is 0 Å². The Morgan fingerprint density at radius 2 is 2.17 bits per heavy atom. The molecule has 0 atom stereocenters. The van der Waals surface area contributed by atoms with E-state index < -0.39 is 11.9 Å². The van der Waals surface area contributed by atoms with Gasteiger partial charge in [-0.25, -0.2) is 15.4 Å². The summed E-state index contributed by atoms with van der Waals surface area (Å²) >= 11 is 0. The van der Waals surface area contributed by atoms with Gasteiger partial charge in [-0.05, 0) is 13.0 Å². The Morgan fingerprint density at radius 3 is 2.90 bits per heavy atom. The molecule has 0 unspecified atom stereocenters. The van der Waals surface area contributed by atoms with Crippen molar-refractivity contribution in [3.63, 3.8) is 0 Å². The Bertz CT molecular complexity index is 1150. The van der Waals surface area contributed by atoms with E-state index in [1.807, 2.05) is 0 Å². The molecular formula is C19H17FN6O4. The lowest BCUT2D eigenvalue weighted by molar-refractivity contribution is 0.0950. The minimum atomic E-state index is -0.773. The molecule has 0 aliphatic carbocycles. The molecular weight excluding hydrogens is 395 g/mol. The third-order valence-corrected chi connectivity index (χ3v) is 3.78. The highest BCUT2D eigenvalue weighted by Crippen LogP contribution is 2.14. The molecule has 2 N–H and O–H groups in total. The number of carbonyl (C=O) groups excluding carboxylic acids is 1. The monoisotopic (exact) mass is 412 g/mol. The Balaban J connectivity index is 1.76. The lowest BCUT2D eigenvalue weighted by Gasteiger charge is -2.05. The van der Waals surface area contributed by atoms with Crippen LogP contribution in [-0.2, 0) is 0 Å². The number of H-pyrrole nitrogens is 1. The lowest BCUT2D eigenvalue weighted by atomic mass is 10.2. The molecule has 1 amide bonds. The summed E-state index contributed by atoms with van der Waals surface area (Å²) in [6.07, 6.45) is 6.29. The number of aromatic nitrogens is 4. The highest BCUT2D eigenvalue weighted by molar-refractivity contribution is 5.93. The predicted molar refractivity (Wildman–Crippen MR) is 105 cm³/mol. The Hall–Kier alpha value is -4.15. The third kappa shape index (κ3) is 4.82. The number of methoxy groups -OCH3 is 1. The quantitative estimate of drug-likeness (QED) is 0.342. The second-order valence-electron chi connectivity index (χ2n) is 5.75. The molecule has 10 nitrogen and oxygen atoms in total. The molecule has 0 aliphatic heterocycles. The van der Waals surface area contributed by atoms with Crippen LogP contribution < -0.4 is 20.3 Å². The number of carbonyl (C=O) groups is 1. The minimum Gasteiger partial charge on any atom is -0.495 e. The van der Waals surface area contributed by atoms with Crippen LogP contribution in [0.3, 0.4) is 0 Å². The van der Waals surface area contributed by atoms with Gasteiger partial charge in [0.15, 0.2) is 11.3 Å². The van der Waals surface area contributed by atoms with Crippen molar-refractivity contribution in [3.05, 3.63) is 64.3 Å². The molecule has 0 saturated carbocycles. The number of pyridine rings is 2. The fourth-order valence-electron chi connectivity index (χ4n) is 2.36. The number of aromatic amines is 1. The molecule has 0 spiro atoms. The van der Waals surface area contributed by atoms with Gasteiger partial charge in [0.1, 0.15) is 11.4 Å². The van der Waals surface area contributed by atoms with E-state index in [0.29, 0.717) is 18.2 Å². The van der Waals surface area contributed by atoms with E-state index in [9.17, 15) is 14.0 Å². The number of rotatable bonds is 7. The average Bonchev–Trinajstić information content (AvgIpc) is 2.75. The summed E-state index contributed by atoms with van der Waals surface area (Å²) in [6.45, 7) is 2.20. The maximum Gasteiger partial charge on any atom is 0.291 e. The Kier molecular flexibility index (Phi) is 6.42. The number of hydrogen-bond acceptors (Lipinski definition) is 8. The van der Waals surface area contributed by atoms with Crippen LogP contribution in [0.15, 0.2) is 46.8 Å². The van der Waals surface area contributed by atoms with Gasteiger partial charge in [0.2, 0.25) is 5.95 Å². The van der Waals surface area contributed by atoms with Crippen LogP contribution in [0.2, 0.25) is 0 Å². The maximum absolute atomic E-state index is 13.7. The Labute approximate surface area is 169 Å². The minimum absolute atomic E-state index is 0.0235. The number of hydrogen-bond donors (Lipinski definition) is 2. The van der Waals surface area contributed by atoms with Gasteiger partial charge >= 0.3 is 0 Å². The van der Waals surface area contributed by atoms with Crippen molar-refractivity contribution in [2.24, 2.45) is 5.10 Å². The fraction of sp³-hybridized carbons (Fsp3) is 0.158. The molecule has 3 heterocycles. The molecule has 0 saturated heterocycles. The second-order valence-corrected chi connectivity index (χ2v) is 5.75. The molecule has 0 aliphatic rings. The van der Waals surface area contributed by atoms with Gasteiger partial charge in [0.05, 0.1) is 55.3 Å². The topological polar surface area (TPSA) is 131 Å². The van der Waals surface area contributed by atoms with E-state index in [0.717, 1.165) is 6.21 Å². The van der Waals surface area contributed by atoms with E-state index in [4.69, 9.17) is 9.47 Å². The van der Waals surface area contributed by atoms with Gasteiger partial charge in [0.25, 0.3) is 5.91 Å². The van der Waals surface area contributed by atoms with Crippen LogP contribution in [0.25, 0.3) is 11.3 Å². The van der Waals surface area contributed by atoms with Crippen LogP contribution in [0, 0.1) is 5.95 Å². The molecule has 0 fully saturated rings. The van der Waals surface area contributed by atoms with Crippen molar-refractivity contribution in [2.45, 2.75) is 6.92 Å². The van der Waals surface area contributed by atoms with Crippen molar-refractivity contribution >= 4 is 12.1 Å². The first-order valence-corrected chi connectivity index (χ1v) is 8.72. The van der Waals surface area contributed by atoms with Gasteiger partial charge < -0.3 is 14.5 Å².